The van der Waals surface area contributed by atoms with Crippen LogP contribution >= 0.6 is 0 Å². The molecule has 106 valence electrons. The molecular formula is C17H26FN. The fraction of sp³-hybridized carbons (Fsp3) is 0.647. The lowest BCUT2D eigenvalue weighted by Gasteiger charge is -2.40. The summed E-state index contributed by atoms with van der Waals surface area (Å²) in [6.45, 7) is 4.36. The monoisotopic (exact) mass is 263 g/mol. The van der Waals surface area contributed by atoms with Crippen molar-refractivity contribution in [3.63, 3.8) is 0 Å². The van der Waals surface area contributed by atoms with Gasteiger partial charge in [-0.3, -0.25) is 0 Å². The Morgan fingerprint density at radius 2 is 2.05 bits per heavy atom. The van der Waals surface area contributed by atoms with Gasteiger partial charge in [0.25, 0.3) is 0 Å². The van der Waals surface area contributed by atoms with Gasteiger partial charge in [0.1, 0.15) is 5.82 Å². The second-order valence-corrected chi connectivity index (χ2v) is 6.41. The average Bonchev–Trinajstić information content (AvgIpc) is 2.41. The standard InChI is InChI=1S/C17H26FN/c1-3-13-7-6-9-15(11-13)17(2,19)12-14-8-4-5-10-16(14)18/h4-5,8,10,13,15H,3,6-7,9,11-12,19H2,1-2H3. The van der Waals surface area contributed by atoms with Gasteiger partial charge < -0.3 is 5.73 Å². The van der Waals surface area contributed by atoms with Crippen molar-refractivity contribution in [3.8, 4) is 0 Å². The molecule has 2 heteroatoms. The summed E-state index contributed by atoms with van der Waals surface area (Å²) >= 11 is 0. The summed E-state index contributed by atoms with van der Waals surface area (Å²) in [5.41, 5.74) is 7.00. The number of rotatable bonds is 4. The molecule has 19 heavy (non-hydrogen) atoms. The lowest BCUT2D eigenvalue weighted by atomic mass is 9.69. The van der Waals surface area contributed by atoms with E-state index in [2.05, 4.69) is 13.8 Å². The SMILES string of the molecule is CCC1CCCC(C(C)(N)Cc2ccccc2F)C1. The van der Waals surface area contributed by atoms with E-state index >= 15 is 0 Å². The second-order valence-electron chi connectivity index (χ2n) is 6.41. The molecule has 0 saturated heterocycles. The minimum Gasteiger partial charge on any atom is -0.325 e. The van der Waals surface area contributed by atoms with Crippen molar-refractivity contribution in [2.45, 2.75) is 57.9 Å². The quantitative estimate of drug-likeness (QED) is 0.861. The Kier molecular flexibility index (Phi) is 4.62. The van der Waals surface area contributed by atoms with Crippen molar-refractivity contribution in [3.05, 3.63) is 35.6 Å². The van der Waals surface area contributed by atoms with E-state index in [-0.39, 0.29) is 11.4 Å². The maximum atomic E-state index is 13.8. The molecule has 1 aromatic carbocycles. The molecule has 2 N–H and O–H groups in total. The molecule has 2 rings (SSSR count). The number of benzene rings is 1. The molecule has 1 aromatic rings. The fourth-order valence-electron chi connectivity index (χ4n) is 3.46. The number of nitrogens with two attached hydrogens (primary N) is 1. The summed E-state index contributed by atoms with van der Waals surface area (Å²) in [6, 6.07) is 7.02. The molecule has 0 spiro atoms. The molecule has 3 atom stereocenters. The summed E-state index contributed by atoms with van der Waals surface area (Å²) < 4.78 is 13.8. The predicted octanol–water partition coefficient (Wildman–Crippen LogP) is 4.30. The number of halogens is 1. The first kappa shape index (κ1) is 14.5. The highest BCUT2D eigenvalue weighted by Crippen LogP contribution is 2.37. The lowest BCUT2D eigenvalue weighted by Crippen LogP contribution is -2.48. The van der Waals surface area contributed by atoms with Crippen molar-refractivity contribution in [1.29, 1.82) is 0 Å². The molecule has 0 bridgehead atoms. The Balaban J connectivity index is 2.07. The third kappa shape index (κ3) is 3.56. The third-order valence-corrected chi connectivity index (χ3v) is 4.82. The first-order valence-electron chi connectivity index (χ1n) is 7.55. The minimum atomic E-state index is -0.296. The Morgan fingerprint density at radius 1 is 1.32 bits per heavy atom. The predicted molar refractivity (Wildman–Crippen MR) is 78.4 cm³/mol. The minimum absolute atomic E-state index is 0.123. The topological polar surface area (TPSA) is 26.0 Å². The zero-order valence-corrected chi connectivity index (χ0v) is 12.2. The number of hydrogen-bond acceptors (Lipinski definition) is 1. The molecule has 0 aromatic heterocycles. The Labute approximate surface area is 116 Å². The van der Waals surface area contributed by atoms with Crippen LogP contribution in [0.4, 0.5) is 4.39 Å². The highest BCUT2D eigenvalue weighted by Gasteiger charge is 2.34. The smallest absolute Gasteiger partial charge is 0.126 e. The molecule has 1 aliphatic rings. The van der Waals surface area contributed by atoms with E-state index < -0.39 is 0 Å². The maximum Gasteiger partial charge on any atom is 0.126 e. The van der Waals surface area contributed by atoms with Gasteiger partial charge in [-0.2, -0.15) is 0 Å². The van der Waals surface area contributed by atoms with Crippen LogP contribution in [0.3, 0.4) is 0 Å². The van der Waals surface area contributed by atoms with Crippen LogP contribution in [0.25, 0.3) is 0 Å². The van der Waals surface area contributed by atoms with Gasteiger partial charge in [0.05, 0.1) is 0 Å². The molecule has 1 aliphatic carbocycles. The summed E-state index contributed by atoms with van der Waals surface area (Å²) in [7, 11) is 0. The summed E-state index contributed by atoms with van der Waals surface area (Å²) in [5, 5.41) is 0. The van der Waals surface area contributed by atoms with Crippen LogP contribution in [0.1, 0.15) is 51.5 Å². The van der Waals surface area contributed by atoms with Crippen molar-refractivity contribution in [2.24, 2.45) is 17.6 Å². The van der Waals surface area contributed by atoms with Crippen LogP contribution in [0.2, 0.25) is 0 Å². The molecule has 1 fully saturated rings. The molecule has 1 nitrogen and oxygen atoms in total. The van der Waals surface area contributed by atoms with Crippen molar-refractivity contribution < 1.29 is 4.39 Å². The van der Waals surface area contributed by atoms with Crippen LogP contribution in [-0.2, 0) is 6.42 Å². The number of hydrogen-bond donors (Lipinski definition) is 1. The van der Waals surface area contributed by atoms with Crippen molar-refractivity contribution >= 4 is 0 Å². The van der Waals surface area contributed by atoms with Gasteiger partial charge in [-0.15, -0.1) is 0 Å². The first-order valence-corrected chi connectivity index (χ1v) is 7.55. The maximum absolute atomic E-state index is 13.8. The second kappa shape index (κ2) is 6.04. The van der Waals surface area contributed by atoms with Crippen LogP contribution in [0, 0.1) is 17.7 Å². The van der Waals surface area contributed by atoms with E-state index in [0.29, 0.717) is 12.3 Å². The fourth-order valence-corrected chi connectivity index (χ4v) is 3.46. The molecule has 0 heterocycles. The Bertz CT molecular complexity index is 413. The van der Waals surface area contributed by atoms with Gasteiger partial charge in [0.15, 0.2) is 0 Å². The van der Waals surface area contributed by atoms with Crippen LogP contribution in [0.15, 0.2) is 24.3 Å². The summed E-state index contributed by atoms with van der Waals surface area (Å²) in [6.07, 6.45) is 6.89. The van der Waals surface area contributed by atoms with E-state index in [9.17, 15) is 4.39 Å². The van der Waals surface area contributed by atoms with Gasteiger partial charge in [-0.25, -0.2) is 4.39 Å². The van der Waals surface area contributed by atoms with Gasteiger partial charge in [-0.05, 0) is 49.7 Å². The zero-order valence-electron chi connectivity index (χ0n) is 12.2. The van der Waals surface area contributed by atoms with Crippen LogP contribution < -0.4 is 5.73 Å². The van der Waals surface area contributed by atoms with Gasteiger partial charge in [0, 0.05) is 5.54 Å². The van der Waals surface area contributed by atoms with Gasteiger partial charge in [-0.1, -0.05) is 44.4 Å². The largest absolute Gasteiger partial charge is 0.325 e. The molecule has 0 aliphatic heterocycles. The van der Waals surface area contributed by atoms with Crippen LogP contribution in [-0.4, -0.2) is 5.54 Å². The normalized spacial score (nSPS) is 26.9. The molecule has 1 saturated carbocycles. The van der Waals surface area contributed by atoms with Gasteiger partial charge >= 0.3 is 0 Å². The highest BCUT2D eigenvalue weighted by atomic mass is 19.1. The van der Waals surface area contributed by atoms with E-state index in [4.69, 9.17) is 5.73 Å². The Morgan fingerprint density at radius 3 is 2.74 bits per heavy atom. The lowest BCUT2D eigenvalue weighted by molar-refractivity contribution is 0.172. The summed E-state index contributed by atoms with van der Waals surface area (Å²) in [4.78, 5) is 0. The third-order valence-electron chi connectivity index (χ3n) is 4.82. The zero-order chi connectivity index (χ0) is 13.9. The van der Waals surface area contributed by atoms with Crippen LogP contribution in [0.5, 0.6) is 0 Å². The molecular weight excluding hydrogens is 237 g/mol. The van der Waals surface area contributed by atoms with E-state index in [1.54, 1.807) is 6.07 Å². The van der Waals surface area contributed by atoms with E-state index in [1.165, 1.54) is 38.2 Å². The van der Waals surface area contributed by atoms with E-state index in [1.807, 2.05) is 12.1 Å². The Hall–Kier alpha value is -0.890. The first-order chi connectivity index (χ1) is 9.03. The van der Waals surface area contributed by atoms with Crippen molar-refractivity contribution in [1.82, 2.24) is 0 Å². The molecule has 3 unspecified atom stereocenters. The highest BCUT2D eigenvalue weighted by molar-refractivity contribution is 5.20. The van der Waals surface area contributed by atoms with E-state index in [0.717, 1.165) is 11.5 Å². The summed E-state index contributed by atoms with van der Waals surface area (Å²) in [5.74, 6) is 1.20. The van der Waals surface area contributed by atoms with Crippen molar-refractivity contribution in [2.75, 3.05) is 0 Å². The molecule has 0 amide bonds. The average molecular weight is 263 g/mol. The molecule has 0 radical (unpaired) electrons. The van der Waals surface area contributed by atoms with Gasteiger partial charge in [0.2, 0.25) is 0 Å².